The van der Waals surface area contributed by atoms with Crippen molar-refractivity contribution >= 4 is 22.4 Å². The molecule has 0 bridgehead atoms. The fourth-order valence-corrected chi connectivity index (χ4v) is 3.95. The molecule has 0 saturated carbocycles. The van der Waals surface area contributed by atoms with Crippen molar-refractivity contribution < 1.29 is 18.7 Å². The van der Waals surface area contributed by atoms with Crippen LogP contribution < -0.4 is 15.2 Å². The van der Waals surface area contributed by atoms with Gasteiger partial charge >= 0.3 is 0 Å². The van der Waals surface area contributed by atoms with Gasteiger partial charge in [-0.3, -0.25) is 4.79 Å². The number of ketones is 1. The Labute approximate surface area is 157 Å². The number of nitrogen functional groups attached to an aromatic ring is 1. The highest BCUT2D eigenvalue weighted by molar-refractivity contribution is 6.14. The zero-order valence-electron chi connectivity index (χ0n) is 15.0. The summed E-state index contributed by atoms with van der Waals surface area (Å²) >= 11 is 0. The second-order valence-corrected chi connectivity index (χ2v) is 7.21. The van der Waals surface area contributed by atoms with Gasteiger partial charge in [0.15, 0.2) is 17.3 Å². The van der Waals surface area contributed by atoms with Gasteiger partial charge in [0.25, 0.3) is 0 Å². The Kier molecular flexibility index (Phi) is 3.81. The molecule has 1 aliphatic carbocycles. The van der Waals surface area contributed by atoms with Crippen LogP contribution in [0.4, 0.5) is 5.69 Å². The van der Waals surface area contributed by atoms with Gasteiger partial charge in [-0.05, 0) is 67.1 Å². The van der Waals surface area contributed by atoms with Crippen molar-refractivity contribution in [3.63, 3.8) is 0 Å². The molecule has 1 aromatic heterocycles. The summed E-state index contributed by atoms with van der Waals surface area (Å²) in [4.78, 5) is 13.1. The maximum absolute atomic E-state index is 13.1. The van der Waals surface area contributed by atoms with Gasteiger partial charge in [0.1, 0.15) is 5.58 Å². The molecule has 3 aromatic rings. The number of ether oxygens (including phenoxy) is 2. The average Bonchev–Trinajstić information content (AvgIpc) is 2.87. The number of hydrogen-bond acceptors (Lipinski definition) is 5. The highest BCUT2D eigenvalue weighted by Crippen LogP contribution is 2.36. The number of carbonyl (C=O) groups excluding carboxylic acids is 1. The van der Waals surface area contributed by atoms with Crippen molar-refractivity contribution in [1.82, 2.24) is 0 Å². The summed E-state index contributed by atoms with van der Waals surface area (Å²) in [5, 5.41) is 0.827. The van der Waals surface area contributed by atoms with E-state index in [-0.39, 0.29) is 11.5 Å². The molecular formula is C22H21NO4. The smallest absolute Gasteiger partial charge is 0.230 e. The average molecular weight is 363 g/mol. The Hall–Kier alpha value is -2.95. The minimum absolute atomic E-state index is 0.196. The van der Waals surface area contributed by atoms with Crippen LogP contribution in [0, 0.1) is 0 Å². The molecule has 27 heavy (non-hydrogen) atoms. The number of furan rings is 1. The van der Waals surface area contributed by atoms with E-state index in [2.05, 4.69) is 6.07 Å². The lowest BCUT2D eigenvalue weighted by molar-refractivity contribution is 0.101. The van der Waals surface area contributed by atoms with E-state index in [1.165, 1.54) is 24.0 Å². The van der Waals surface area contributed by atoms with Gasteiger partial charge in [-0.2, -0.15) is 0 Å². The van der Waals surface area contributed by atoms with Crippen molar-refractivity contribution in [2.45, 2.75) is 32.1 Å². The van der Waals surface area contributed by atoms with E-state index in [9.17, 15) is 4.79 Å². The van der Waals surface area contributed by atoms with Crippen LogP contribution in [-0.2, 0) is 12.8 Å². The molecule has 2 aromatic carbocycles. The summed E-state index contributed by atoms with van der Waals surface area (Å²) in [6.45, 7) is 1.18. The van der Waals surface area contributed by atoms with Crippen LogP contribution in [-0.4, -0.2) is 19.0 Å². The largest absolute Gasteiger partial charge is 0.490 e. The molecule has 1 aliphatic heterocycles. The minimum Gasteiger partial charge on any atom is -0.490 e. The van der Waals surface area contributed by atoms with Crippen LogP contribution >= 0.6 is 0 Å². The number of fused-ring (bicyclic) bond motifs is 3. The summed E-state index contributed by atoms with van der Waals surface area (Å²) in [5.41, 5.74) is 10.5. The van der Waals surface area contributed by atoms with E-state index in [0.717, 1.165) is 24.6 Å². The van der Waals surface area contributed by atoms with Crippen LogP contribution in [0.3, 0.4) is 0 Å². The first kappa shape index (κ1) is 16.2. The molecule has 0 fully saturated rings. The standard InChI is InChI=1S/C22H21NO4/c23-20-16-10-13-4-1-2-5-14(13)11-18(16)27-22(20)21(24)15-6-7-17-19(12-15)26-9-3-8-25-17/h6-7,10-12H,1-5,8-9,23H2. The third-order valence-corrected chi connectivity index (χ3v) is 5.41. The summed E-state index contributed by atoms with van der Waals surface area (Å²) < 4.78 is 17.2. The molecule has 2 heterocycles. The van der Waals surface area contributed by atoms with Crippen LogP contribution in [0.5, 0.6) is 11.5 Å². The highest BCUT2D eigenvalue weighted by Gasteiger charge is 2.23. The molecule has 0 amide bonds. The Morgan fingerprint density at radius 2 is 1.63 bits per heavy atom. The molecule has 5 rings (SSSR count). The van der Waals surface area contributed by atoms with Gasteiger partial charge < -0.3 is 19.6 Å². The summed E-state index contributed by atoms with van der Waals surface area (Å²) in [6, 6.07) is 9.35. The molecular weight excluding hydrogens is 342 g/mol. The number of carbonyl (C=O) groups is 1. The number of rotatable bonds is 2. The maximum atomic E-state index is 13.1. The van der Waals surface area contributed by atoms with Crippen LogP contribution in [0.2, 0.25) is 0 Å². The molecule has 5 heteroatoms. The Morgan fingerprint density at radius 3 is 2.44 bits per heavy atom. The molecule has 2 aliphatic rings. The van der Waals surface area contributed by atoms with Gasteiger partial charge in [-0.25, -0.2) is 0 Å². The van der Waals surface area contributed by atoms with E-state index < -0.39 is 0 Å². The second-order valence-electron chi connectivity index (χ2n) is 7.21. The lowest BCUT2D eigenvalue weighted by Gasteiger charge is -2.14. The van der Waals surface area contributed by atoms with Crippen molar-refractivity contribution in [1.29, 1.82) is 0 Å². The van der Waals surface area contributed by atoms with Crippen molar-refractivity contribution in [2.75, 3.05) is 18.9 Å². The summed E-state index contributed by atoms with van der Waals surface area (Å²) in [6.07, 6.45) is 5.31. The number of anilines is 1. The summed E-state index contributed by atoms with van der Waals surface area (Å²) in [5.74, 6) is 1.21. The van der Waals surface area contributed by atoms with Crippen LogP contribution in [0.15, 0.2) is 34.7 Å². The van der Waals surface area contributed by atoms with Crippen LogP contribution in [0.1, 0.15) is 46.5 Å². The lowest BCUT2D eigenvalue weighted by atomic mass is 9.90. The van der Waals surface area contributed by atoms with E-state index in [0.29, 0.717) is 41.5 Å². The van der Waals surface area contributed by atoms with Crippen molar-refractivity contribution in [3.05, 3.63) is 52.8 Å². The second kappa shape index (κ2) is 6.34. The van der Waals surface area contributed by atoms with E-state index >= 15 is 0 Å². The van der Waals surface area contributed by atoms with Gasteiger partial charge in [-0.1, -0.05) is 0 Å². The number of nitrogens with two attached hydrogens (primary N) is 1. The van der Waals surface area contributed by atoms with Gasteiger partial charge in [0.05, 0.1) is 18.9 Å². The van der Waals surface area contributed by atoms with Crippen LogP contribution in [0.25, 0.3) is 11.0 Å². The Balaban J connectivity index is 1.56. The Bertz CT molecular complexity index is 1050. The maximum Gasteiger partial charge on any atom is 0.230 e. The highest BCUT2D eigenvalue weighted by atomic mass is 16.5. The van der Waals surface area contributed by atoms with Gasteiger partial charge in [0.2, 0.25) is 5.78 Å². The number of benzene rings is 2. The molecule has 2 N–H and O–H groups in total. The van der Waals surface area contributed by atoms with Crippen molar-refractivity contribution in [3.8, 4) is 11.5 Å². The quantitative estimate of drug-likeness (QED) is 0.688. The topological polar surface area (TPSA) is 74.7 Å². The van der Waals surface area contributed by atoms with Gasteiger partial charge in [0, 0.05) is 17.4 Å². The molecule has 5 nitrogen and oxygen atoms in total. The third-order valence-electron chi connectivity index (χ3n) is 5.41. The fraction of sp³-hybridized carbons (Fsp3) is 0.318. The first-order chi connectivity index (χ1) is 13.2. The SMILES string of the molecule is Nc1c(C(=O)c2ccc3c(c2)OCCCO3)oc2cc3c(cc12)CCCC3. The van der Waals surface area contributed by atoms with Gasteiger partial charge in [-0.15, -0.1) is 0 Å². The van der Waals surface area contributed by atoms with E-state index in [4.69, 9.17) is 19.6 Å². The molecule has 0 unspecified atom stereocenters. The lowest BCUT2D eigenvalue weighted by Crippen LogP contribution is -2.04. The zero-order valence-corrected chi connectivity index (χ0v) is 15.0. The molecule has 0 spiro atoms. The first-order valence-electron chi connectivity index (χ1n) is 9.49. The van der Waals surface area contributed by atoms with E-state index in [1.54, 1.807) is 18.2 Å². The number of aryl methyl sites for hydroxylation is 2. The first-order valence-corrected chi connectivity index (χ1v) is 9.49. The van der Waals surface area contributed by atoms with E-state index in [1.807, 2.05) is 6.07 Å². The zero-order chi connectivity index (χ0) is 18.4. The number of hydrogen-bond donors (Lipinski definition) is 1. The summed E-state index contributed by atoms with van der Waals surface area (Å²) in [7, 11) is 0. The molecule has 0 saturated heterocycles. The Morgan fingerprint density at radius 1 is 0.889 bits per heavy atom. The minimum atomic E-state index is -0.239. The van der Waals surface area contributed by atoms with Crippen molar-refractivity contribution in [2.24, 2.45) is 0 Å². The molecule has 0 radical (unpaired) electrons. The third kappa shape index (κ3) is 2.74. The fourth-order valence-electron chi connectivity index (χ4n) is 3.95. The molecule has 138 valence electrons. The normalized spacial score (nSPS) is 16.0. The monoisotopic (exact) mass is 363 g/mol. The predicted octanol–water partition coefficient (Wildman–Crippen LogP) is 4.29. The molecule has 0 atom stereocenters. The predicted molar refractivity (Wildman–Crippen MR) is 103 cm³/mol.